The number of ether oxygens (including phenoxy) is 1. The Morgan fingerprint density at radius 2 is 1.67 bits per heavy atom. The number of nitrogens with zero attached hydrogens (tertiary/aromatic N) is 1. The zero-order valence-electron chi connectivity index (χ0n) is 18.7. The first-order valence-corrected chi connectivity index (χ1v) is 11.6. The van der Waals surface area contributed by atoms with Crippen LogP contribution in [-0.2, 0) is 11.3 Å². The summed E-state index contributed by atoms with van der Waals surface area (Å²) < 4.78 is 5.80. The van der Waals surface area contributed by atoms with Crippen molar-refractivity contribution in [1.82, 2.24) is 4.90 Å². The molecule has 10 heteroatoms. The predicted octanol–water partition coefficient (Wildman–Crippen LogP) is 4.42. The maximum atomic E-state index is 11.7. The van der Waals surface area contributed by atoms with Crippen LogP contribution >= 0.6 is 23.2 Å². The van der Waals surface area contributed by atoms with Gasteiger partial charge in [-0.1, -0.05) is 48.2 Å². The maximum Gasteiger partial charge on any atom is 0.451 e. The molecule has 180 valence electrons. The van der Waals surface area contributed by atoms with Gasteiger partial charge in [-0.05, 0) is 69.0 Å². The monoisotopic (exact) mass is 496 g/mol. The lowest BCUT2D eigenvalue weighted by Gasteiger charge is -2.26. The minimum atomic E-state index is -1.37. The Kier molecular flexibility index (Phi) is 11.0. The zero-order valence-corrected chi connectivity index (χ0v) is 20.2. The second kappa shape index (κ2) is 13.2. The number of carbonyl (C=O) groups is 1. The molecule has 0 saturated heterocycles. The quantitative estimate of drug-likeness (QED) is 0.226. The molecule has 2 rings (SSSR count). The van der Waals surface area contributed by atoms with Crippen LogP contribution in [0.3, 0.4) is 0 Å². The molecule has 0 radical (unpaired) electrons. The molecule has 0 aliphatic carbocycles. The molecular formula is C23H31BCl2N2O5. The summed E-state index contributed by atoms with van der Waals surface area (Å²) in [4.78, 5) is 13.8. The Balaban J connectivity index is 1.79. The van der Waals surface area contributed by atoms with Crippen LogP contribution in [0.15, 0.2) is 42.5 Å². The van der Waals surface area contributed by atoms with Gasteiger partial charge in [0.15, 0.2) is 0 Å². The van der Waals surface area contributed by atoms with Gasteiger partial charge in [-0.2, -0.15) is 0 Å². The molecule has 0 aromatic heterocycles. The van der Waals surface area contributed by atoms with E-state index in [1.807, 2.05) is 31.3 Å². The molecule has 2 aromatic rings. The second-order valence-electron chi connectivity index (χ2n) is 8.35. The summed E-state index contributed by atoms with van der Waals surface area (Å²) in [5.74, 6) is 0.264. The van der Waals surface area contributed by atoms with E-state index in [-0.39, 0.29) is 6.32 Å². The third kappa shape index (κ3) is 9.53. The average Bonchev–Trinajstić information content (AvgIpc) is 2.75. The fraction of sp³-hybridized carbons (Fsp3) is 0.435. The molecule has 2 aromatic carbocycles. The normalized spacial score (nSPS) is 13.1. The van der Waals surface area contributed by atoms with E-state index in [0.717, 1.165) is 5.56 Å². The highest BCUT2D eigenvalue weighted by atomic mass is 35.5. The molecule has 0 fully saturated rings. The lowest BCUT2D eigenvalue weighted by atomic mass is 9.81. The minimum Gasteiger partial charge on any atom is -0.480 e. The van der Waals surface area contributed by atoms with E-state index < -0.39 is 18.6 Å². The summed E-state index contributed by atoms with van der Waals surface area (Å²) in [5, 5.41) is 28.2. The third-order valence-electron chi connectivity index (χ3n) is 5.43. The van der Waals surface area contributed by atoms with Gasteiger partial charge in [0.1, 0.15) is 17.0 Å². The smallest absolute Gasteiger partial charge is 0.451 e. The summed E-state index contributed by atoms with van der Waals surface area (Å²) in [6.07, 6.45) is 2.57. The van der Waals surface area contributed by atoms with E-state index in [1.54, 1.807) is 18.2 Å². The number of carboxylic acid groups (broad SMARTS) is 1. The van der Waals surface area contributed by atoms with Crippen LogP contribution in [0.4, 0.5) is 0 Å². The lowest BCUT2D eigenvalue weighted by molar-refractivity contribution is -0.144. The number of aliphatic carboxylic acids is 1. The van der Waals surface area contributed by atoms with E-state index in [0.29, 0.717) is 66.7 Å². The van der Waals surface area contributed by atoms with E-state index in [9.17, 15) is 9.90 Å². The van der Waals surface area contributed by atoms with Gasteiger partial charge in [-0.15, -0.1) is 0 Å². The molecule has 0 saturated carbocycles. The van der Waals surface area contributed by atoms with Crippen molar-refractivity contribution in [3.8, 4) is 11.5 Å². The van der Waals surface area contributed by atoms with E-state index in [2.05, 4.69) is 4.90 Å². The number of benzene rings is 2. The van der Waals surface area contributed by atoms with Crippen molar-refractivity contribution in [3.05, 3.63) is 58.1 Å². The summed E-state index contributed by atoms with van der Waals surface area (Å²) in [6, 6.07) is 12.8. The maximum absolute atomic E-state index is 11.7. The number of unbranched alkanes of at least 4 members (excludes halogenated alkanes) is 1. The molecule has 1 atom stereocenters. The predicted molar refractivity (Wildman–Crippen MR) is 132 cm³/mol. The van der Waals surface area contributed by atoms with Gasteiger partial charge in [-0.25, -0.2) is 0 Å². The highest BCUT2D eigenvalue weighted by Gasteiger charge is 2.32. The van der Waals surface area contributed by atoms with Crippen molar-refractivity contribution < 1.29 is 24.7 Å². The topological polar surface area (TPSA) is 116 Å². The van der Waals surface area contributed by atoms with Gasteiger partial charge < -0.3 is 30.5 Å². The van der Waals surface area contributed by atoms with Crippen LogP contribution in [0.2, 0.25) is 16.4 Å². The first-order valence-electron chi connectivity index (χ1n) is 10.9. The Hall–Kier alpha value is -1.81. The fourth-order valence-electron chi connectivity index (χ4n) is 3.50. The number of hydrogen-bond acceptors (Lipinski definition) is 6. The summed E-state index contributed by atoms with van der Waals surface area (Å²) in [5.41, 5.74) is 5.92. The van der Waals surface area contributed by atoms with Crippen molar-refractivity contribution in [2.45, 2.75) is 50.5 Å². The minimum absolute atomic E-state index is 0.218. The Labute approximate surface area is 205 Å². The zero-order chi connectivity index (χ0) is 24.4. The molecule has 0 aliphatic heterocycles. The molecule has 0 heterocycles. The molecule has 5 N–H and O–H groups in total. The van der Waals surface area contributed by atoms with Gasteiger partial charge in [0.2, 0.25) is 0 Å². The van der Waals surface area contributed by atoms with E-state index >= 15 is 0 Å². The molecule has 7 nitrogen and oxygen atoms in total. The van der Waals surface area contributed by atoms with Crippen LogP contribution in [0.5, 0.6) is 11.5 Å². The molecule has 33 heavy (non-hydrogen) atoms. The SMILES string of the molecule is CN(CCCC(N)(CCCCB(O)O)C(=O)O)Cc1ccc(Oc2ccc(Cl)c(Cl)c2)cc1. The largest absolute Gasteiger partial charge is 0.480 e. The van der Waals surface area contributed by atoms with Gasteiger partial charge in [0.25, 0.3) is 0 Å². The summed E-state index contributed by atoms with van der Waals surface area (Å²) in [6.45, 7) is 1.40. The van der Waals surface area contributed by atoms with Crippen molar-refractivity contribution >= 4 is 36.3 Å². The molecule has 0 aliphatic rings. The summed E-state index contributed by atoms with van der Waals surface area (Å²) in [7, 11) is 0.606. The third-order valence-corrected chi connectivity index (χ3v) is 6.17. The summed E-state index contributed by atoms with van der Waals surface area (Å²) >= 11 is 11.9. The average molecular weight is 497 g/mol. The molecule has 0 amide bonds. The van der Waals surface area contributed by atoms with Crippen LogP contribution in [0.1, 0.15) is 37.7 Å². The van der Waals surface area contributed by atoms with Gasteiger partial charge in [-0.3, -0.25) is 4.79 Å². The molecular weight excluding hydrogens is 466 g/mol. The van der Waals surface area contributed by atoms with E-state index in [4.69, 9.17) is 43.7 Å². The van der Waals surface area contributed by atoms with Gasteiger partial charge in [0.05, 0.1) is 10.0 Å². The molecule has 0 spiro atoms. The number of nitrogens with two attached hydrogens (primary N) is 1. The van der Waals surface area contributed by atoms with Crippen LogP contribution < -0.4 is 10.5 Å². The lowest BCUT2D eigenvalue weighted by Crippen LogP contribution is -2.48. The van der Waals surface area contributed by atoms with Crippen LogP contribution in [-0.4, -0.2) is 52.3 Å². The second-order valence-corrected chi connectivity index (χ2v) is 9.17. The van der Waals surface area contributed by atoms with Crippen LogP contribution in [0.25, 0.3) is 0 Å². The fourth-order valence-corrected chi connectivity index (χ4v) is 3.79. The number of halogens is 2. The number of rotatable bonds is 14. The first-order chi connectivity index (χ1) is 15.6. The van der Waals surface area contributed by atoms with Crippen molar-refractivity contribution in [2.24, 2.45) is 5.73 Å². The number of carboxylic acids is 1. The molecule has 1 unspecified atom stereocenters. The van der Waals surface area contributed by atoms with Gasteiger partial charge in [0, 0.05) is 12.6 Å². The van der Waals surface area contributed by atoms with Crippen LogP contribution in [0, 0.1) is 0 Å². The van der Waals surface area contributed by atoms with Crippen molar-refractivity contribution in [1.29, 1.82) is 0 Å². The molecule has 0 bridgehead atoms. The Morgan fingerprint density at radius 3 is 2.27 bits per heavy atom. The highest BCUT2D eigenvalue weighted by molar-refractivity contribution is 6.42. The van der Waals surface area contributed by atoms with Crippen molar-refractivity contribution in [3.63, 3.8) is 0 Å². The standard InChI is InChI=1S/C23H31BCl2N2O5/c1-28(14-4-12-23(27,22(29)30)11-2-3-13-24(31)32)16-17-5-7-18(8-6-17)33-19-9-10-20(25)21(26)15-19/h5-10,15,31-32H,2-4,11-14,16,27H2,1H3,(H,29,30). The number of hydrogen-bond donors (Lipinski definition) is 4. The Morgan fingerprint density at radius 1 is 1.03 bits per heavy atom. The first kappa shape index (κ1) is 27.4. The highest BCUT2D eigenvalue weighted by Crippen LogP contribution is 2.29. The van der Waals surface area contributed by atoms with E-state index in [1.165, 1.54) is 0 Å². The Bertz CT molecular complexity index is 901. The van der Waals surface area contributed by atoms with Gasteiger partial charge >= 0.3 is 13.1 Å². The van der Waals surface area contributed by atoms with Crippen molar-refractivity contribution in [2.75, 3.05) is 13.6 Å².